The first-order valence-electron chi connectivity index (χ1n) is 17.8. The summed E-state index contributed by atoms with van der Waals surface area (Å²) >= 11 is 0. The quantitative estimate of drug-likeness (QED) is 0.0793. The summed E-state index contributed by atoms with van der Waals surface area (Å²) < 4.78 is 3.30. The molecular weight excluding hydrogens is 725 g/mol. The van der Waals surface area contributed by atoms with Crippen molar-refractivity contribution < 1.29 is 9.59 Å². The summed E-state index contributed by atoms with van der Waals surface area (Å²) in [6, 6.07) is 29.2. The molecule has 10 N–H and O–H groups in total. The number of aromatic nitrogens is 10. The Morgan fingerprint density at radius 3 is 2.09 bits per heavy atom. The Morgan fingerprint density at radius 1 is 0.702 bits per heavy atom. The molecule has 57 heavy (non-hydrogen) atoms. The summed E-state index contributed by atoms with van der Waals surface area (Å²) in [7, 11) is 0. The van der Waals surface area contributed by atoms with E-state index >= 15 is 0 Å². The van der Waals surface area contributed by atoms with E-state index in [0.717, 1.165) is 44.4 Å². The Balaban J connectivity index is 0.847. The predicted octanol–water partition coefficient (Wildman–Crippen LogP) is 6.50. The molecule has 18 heteroatoms. The largest absolute Gasteiger partial charge is 0.380 e. The van der Waals surface area contributed by atoms with Crippen molar-refractivity contribution in [3.63, 3.8) is 0 Å². The molecular formula is C39H34N16O2. The van der Waals surface area contributed by atoms with Gasteiger partial charge in [0.25, 0.3) is 0 Å². The Kier molecular flexibility index (Phi) is 8.58. The van der Waals surface area contributed by atoms with Crippen LogP contribution < -0.4 is 32.7 Å². The molecule has 1 unspecified atom stereocenters. The summed E-state index contributed by atoms with van der Waals surface area (Å²) in [6.45, 7) is 2.06. The highest BCUT2D eigenvalue weighted by atomic mass is 16.2. The fourth-order valence-electron chi connectivity index (χ4n) is 6.83. The number of anilines is 6. The summed E-state index contributed by atoms with van der Waals surface area (Å²) in [4.78, 5) is 25.7. The first kappa shape index (κ1) is 34.5. The highest BCUT2D eigenvalue weighted by molar-refractivity contribution is 6.04. The number of nitrogens with zero attached hydrogens (tertiary/aromatic N) is 8. The van der Waals surface area contributed by atoms with Crippen molar-refractivity contribution in [3.05, 3.63) is 121 Å². The molecule has 0 bridgehead atoms. The molecule has 0 spiro atoms. The average molecular weight is 759 g/mol. The lowest BCUT2D eigenvalue weighted by atomic mass is 9.96. The van der Waals surface area contributed by atoms with Gasteiger partial charge in [0, 0.05) is 58.0 Å². The lowest BCUT2D eigenvalue weighted by Crippen LogP contribution is -2.19. The molecule has 1 atom stereocenters. The number of aromatic amines is 2. The average Bonchev–Trinajstić information content (AvgIpc) is 4.03. The number of benzene rings is 3. The third kappa shape index (κ3) is 6.84. The van der Waals surface area contributed by atoms with Gasteiger partial charge in [-0.3, -0.25) is 20.8 Å². The highest BCUT2D eigenvalue weighted by Crippen LogP contribution is 2.32. The number of nitrogen functional groups attached to an aromatic ring is 2. The molecule has 9 rings (SSSR count). The van der Waals surface area contributed by atoms with Crippen LogP contribution in [0.15, 0.2) is 109 Å². The molecule has 282 valence electrons. The second kappa shape index (κ2) is 14.2. The van der Waals surface area contributed by atoms with Gasteiger partial charge in [-0.15, -0.1) is 10.2 Å². The van der Waals surface area contributed by atoms with Crippen molar-refractivity contribution in [1.82, 2.24) is 50.0 Å². The number of carbonyl (C=O) groups is 2. The number of H-pyrrole nitrogens is 2. The van der Waals surface area contributed by atoms with E-state index in [1.165, 1.54) is 0 Å². The minimum absolute atomic E-state index is 0.0176. The Bertz CT molecular complexity index is 2930. The molecule has 9 aromatic rings. The third-order valence-electron chi connectivity index (χ3n) is 9.58. The lowest BCUT2D eigenvalue weighted by molar-refractivity contribution is 0.261. The van der Waals surface area contributed by atoms with Gasteiger partial charge in [0.05, 0.1) is 5.52 Å². The zero-order chi connectivity index (χ0) is 39.0. The summed E-state index contributed by atoms with van der Waals surface area (Å²) in [5.74, 6) is 1.43. The number of hydrogen-bond donors (Lipinski definition) is 8. The van der Waals surface area contributed by atoms with E-state index in [9.17, 15) is 9.59 Å². The Labute approximate surface area is 322 Å². The van der Waals surface area contributed by atoms with Crippen LogP contribution in [-0.4, -0.2) is 62.1 Å². The first-order chi connectivity index (χ1) is 27.8. The molecule has 0 saturated heterocycles. The van der Waals surface area contributed by atoms with Crippen molar-refractivity contribution in [1.29, 1.82) is 0 Å². The van der Waals surface area contributed by atoms with Crippen LogP contribution in [0.25, 0.3) is 44.2 Å². The zero-order valence-corrected chi connectivity index (χ0v) is 30.2. The molecule has 0 saturated carbocycles. The third-order valence-corrected chi connectivity index (χ3v) is 9.58. The van der Waals surface area contributed by atoms with Gasteiger partial charge in [0.1, 0.15) is 11.0 Å². The van der Waals surface area contributed by atoms with Crippen LogP contribution in [-0.2, 0) is 6.42 Å². The number of urea groups is 2. The maximum absolute atomic E-state index is 12.9. The van der Waals surface area contributed by atoms with Crippen molar-refractivity contribution in [2.75, 3.05) is 32.7 Å². The summed E-state index contributed by atoms with van der Waals surface area (Å²) in [5.41, 5.74) is 21.0. The van der Waals surface area contributed by atoms with E-state index in [0.29, 0.717) is 52.1 Å². The molecule has 3 aromatic carbocycles. The molecule has 4 amide bonds. The van der Waals surface area contributed by atoms with Gasteiger partial charge in [-0.05, 0) is 71.6 Å². The predicted molar refractivity (Wildman–Crippen MR) is 218 cm³/mol. The van der Waals surface area contributed by atoms with Crippen LogP contribution in [0, 0.1) is 0 Å². The molecule has 0 aliphatic heterocycles. The van der Waals surface area contributed by atoms with Crippen LogP contribution in [0.3, 0.4) is 0 Å². The van der Waals surface area contributed by atoms with E-state index in [2.05, 4.69) is 75.3 Å². The zero-order valence-electron chi connectivity index (χ0n) is 30.2. The SMILES string of the molecule is CC(Cc1cc(-c2ccc(NC(=O)Nc3n[nH]c4ccccc34)cc2)c2c(N)nnn2c1)c1cc(NC(=O)Nc2ccc(-c3cccn4nnc(N)c34)cc2)n[nH]1. The van der Waals surface area contributed by atoms with Crippen LogP contribution in [0.2, 0.25) is 0 Å². The molecule has 0 fully saturated rings. The molecule has 0 aliphatic carbocycles. The number of nitrogens with one attached hydrogen (secondary N) is 6. The number of fused-ring (bicyclic) bond motifs is 3. The maximum Gasteiger partial charge on any atom is 0.324 e. The fourth-order valence-corrected chi connectivity index (χ4v) is 6.83. The highest BCUT2D eigenvalue weighted by Gasteiger charge is 2.18. The Hall–Kier alpha value is -8.28. The Morgan fingerprint density at radius 2 is 1.35 bits per heavy atom. The maximum atomic E-state index is 12.9. The van der Waals surface area contributed by atoms with Gasteiger partial charge in [-0.25, -0.2) is 18.6 Å². The van der Waals surface area contributed by atoms with Gasteiger partial charge in [0.2, 0.25) is 0 Å². The minimum atomic E-state index is -0.438. The van der Waals surface area contributed by atoms with Gasteiger partial charge in [0.15, 0.2) is 23.3 Å². The second-order valence-corrected chi connectivity index (χ2v) is 13.5. The second-order valence-electron chi connectivity index (χ2n) is 13.5. The molecule has 0 radical (unpaired) electrons. The van der Waals surface area contributed by atoms with Crippen molar-refractivity contribution >= 4 is 68.6 Å². The molecule has 6 aromatic heterocycles. The van der Waals surface area contributed by atoms with Crippen molar-refractivity contribution in [3.8, 4) is 22.3 Å². The van der Waals surface area contributed by atoms with E-state index in [4.69, 9.17) is 11.5 Å². The van der Waals surface area contributed by atoms with Crippen LogP contribution >= 0.6 is 0 Å². The number of pyridine rings is 2. The number of amides is 4. The van der Waals surface area contributed by atoms with Gasteiger partial charge in [-0.1, -0.05) is 59.8 Å². The van der Waals surface area contributed by atoms with E-state index in [1.54, 1.807) is 33.4 Å². The van der Waals surface area contributed by atoms with Crippen LogP contribution in [0.5, 0.6) is 0 Å². The number of carbonyl (C=O) groups excluding carboxylic acids is 2. The van der Waals surface area contributed by atoms with Crippen molar-refractivity contribution in [2.45, 2.75) is 19.3 Å². The standard InChI is InChI=1S/C39H34N16O2/c1-21(31-19-32(48-47-31)44-38(56)42-25-12-8-23(9-13-25)27-6-4-16-54-33(27)35(40)49-52-54)17-22-18-29(34-36(41)50-53-55(34)20-22)24-10-14-26(15-11-24)43-39(57)45-37-28-5-2-3-7-30(28)46-51-37/h2-16,18-21H,17,40-41H2,1H3,(H3,42,44,47,48,56)(H3,43,45,46,51,57). The number of nitrogens with two attached hydrogens (primary N) is 2. The topological polar surface area (TPSA) is 252 Å². The van der Waals surface area contributed by atoms with Gasteiger partial charge < -0.3 is 22.1 Å². The number of para-hydroxylation sites is 1. The van der Waals surface area contributed by atoms with E-state index in [-0.39, 0.29) is 5.92 Å². The normalized spacial score (nSPS) is 11.9. The number of rotatable bonds is 9. The molecule has 18 nitrogen and oxygen atoms in total. The van der Waals surface area contributed by atoms with Gasteiger partial charge in [-0.2, -0.15) is 10.2 Å². The van der Waals surface area contributed by atoms with Gasteiger partial charge >= 0.3 is 12.1 Å². The smallest absolute Gasteiger partial charge is 0.324 e. The van der Waals surface area contributed by atoms with E-state index < -0.39 is 12.1 Å². The monoisotopic (exact) mass is 758 g/mol. The minimum Gasteiger partial charge on any atom is -0.380 e. The van der Waals surface area contributed by atoms with Crippen LogP contribution in [0.1, 0.15) is 24.1 Å². The fraction of sp³-hybridized carbons (Fsp3) is 0.0769. The molecule has 6 heterocycles. The first-order valence-corrected chi connectivity index (χ1v) is 17.8. The summed E-state index contributed by atoms with van der Waals surface area (Å²) in [6.07, 6.45) is 4.29. The van der Waals surface area contributed by atoms with Crippen LogP contribution in [0.4, 0.5) is 44.2 Å². The summed E-state index contributed by atoms with van der Waals surface area (Å²) in [5, 5.41) is 42.9. The lowest BCUT2D eigenvalue weighted by Gasteiger charge is -2.13. The van der Waals surface area contributed by atoms with E-state index in [1.807, 2.05) is 79.0 Å². The molecule has 0 aliphatic rings. The van der Waals surface area contributed by atoms with Crippen molar-refractivity contribution in [2.24, 2.45) is 0 Å². The number of hydrogen-bond acceptors (Lipinski definition) is 10.